The fourth-order valence-corrected chi connectivity index (χ4v) is 2.27. The fourth-order valence-electron chi connectivity index (χ4n) is 2.27. The van der Waals surface area contributed by atoms with Crippen molar-refractivity contribution in [3.63, 3.8) is 0 Å². The Bertz CT molecular complexity index is 744. The Balaban J connectivity index is 1.74. The number of aromatic nitrogens is 3. The second-order valence-corrected chi connectivity index (χ2v) is 5.09. The van der Waals surface area contributed by atoms with E-state index in [9.17, 15) is 0 Å². The van der Waals surface area contributed by atoms with Gasteiger partial charge in [-0.05, 0) is 24.1 Å². The van der Waals surface area contributed by atoms with Crippen molar-refractivity contribution < 1.29 is 0 Å². The highest BCUT2D eigenvalue weighted by Crippen LogP contribution is 2.19. The van der Waals surface area contributed by atoms with Crippen molar-refractivity contribution in [2.75, 3.05) is 24.2 Å². The minimum Gasteiger partial charge on any atom is -0.370 e. The van der Waals surface area contributed by atoms with Gasteiger partial charge in [0.2, 0.25) is 5.95 Å². The average molecular weight is 305 g/mol. The Labute approximate surface area is 135 Å². The first-order valence-corrected chi connectivity index (χ1v) is 7.61. The molecule has 0 radical (unpaired) electrons. The predicted octanol–water partition coefficient (Wildman–Crippen LogP) is 3.23. The molecule has 0 saturated carbocycles. The molecule has 5 heteroatoms. The van der Waals surface area contributed by atoms with E-state index < -0.39 is 0 Å². The Morgan fingerprint density at radius 1 is 0.913 bits per heavy atom. The minimum atomic E-state index is 0.579. The van der Waals surface area contributed by atoms with E-state index in [2.05, 4.69) is 49.9 Å². The van der Waals surface area contributed by atoms with Gasteiger partial charge in [-0.15, -0.1) is 0 Å². The van der Waals surface area contributed by atoms with Gasteiger partial charge in [-0.2, -0.15) is 4.98 Å². The molecule has 0 spiro atoms. The van der Waals surface area contributed by atoms with Crippen LogP contribution in [-0.4, -0.2) is 28.5 Å². The average Bonchev–Trinajstić information content (AvgIpc) is 2.63. The summed E-state index contributed by atoms with van der Waals surface area (Å²) in [5.41, 5.74) is 2.93. The zero-order chi connectivity index (χ0) is 15.9. The van der Waals surface area contributed by atoms with Crippen molar-refractivity contribution in [1.29, 1.82) is 0 Å². The number of anilines is 2. The van der Waals surface area contributed by atoms with Crippen LogP contribution in [-0.2, 0) is 6.42 Å². The molecule has 5 nitrogen and oxygen atoms in total. The van der Waals surface area contributed by atoms with Crippen LogP contribution in [0.15, 0.2) is 60.8 Å². The van der Waals surface area contributed by atoms with Gasteiger partial charge in [-0.3, -0.25) is 4.98 Å². The van der Waals surface area contributed by atoms with Crippen LogP contribution in [0.25, 0.3) is 11.4 Å². The third-order valence-electron chi connectivity index (χ3n) is 3.44. The molecular formula is C18H19N5. The highest BCUT2D eigenvalue weighted by molar-refractivity contribution is 5.60. The van der Waals surface area contributed by atoms with E-state index in [1.165, 1.54) is 5.56 Å². The Morgan fingerprint density at radius 3 is 2.48 bits per heavy atom. The maximum absolute atomic E-state index is 4.46. The van der Waals surface area contributed by atoms with E-state index in [-0.39, 0.29) is 0 Å². The summed E-state index contributed by atoms with van der Waals surface area (Å²) in [7, 11) is 1.81. The second-order valence-electron chi connectivity index (χ2n) is 5.09. The normalized spacial score (nSPS) is 10.3. The van der Waals surface area contributed by atoms with Gasteiger partial charge in [-0.1, -0.05) is 36.4 Å². The predicted molar refractivity (Wildman–Crippen MR) is 93.4 cm³/mol. The van der Waals surface area contributed by atoms with Crippen molar-refractivity contribution >= 4 is 11.8 Å². The molecule has 2 heterocycles. The molecule has 0 aliphatic rings. The first kappa shape index (κ1) is 15.0. The molecule has 0 bridgehead atoms. The van der Waals surface area contributed by atoms with Crippen LogP contribution in [0.5, 0.6) is 0 Å². The monoisotopic (exact) mass is 305 g/mol. The maximum Gasteiger partial charge on any atom is 0.224 e. The lowest BCUT2D eigenvalue weighted by Crippen LogP contribution is -2.08. The van der Waals surface area contributed by atoms with Crippen molar-refractivity contribution in [2.24, 2.45) is 0 Å². The smallest absolute Gasteiger partial charge is 0.224 e. The molecule has 0 saturated heterocycles. The second kappa shape index (κ2) is 7.35. The summed E-state index contributed by atoms with van der Waals surface area (Å²) in [6.45, 7) is 0.811. The molecule has 0 amide bonds. The van der Waals surface area contributed by atoms with Gasteiger partial charge in [0.25, 0.3) is 0 Å². The van der Waals surface area contributed by atoms with Gasteiger partial charge in [-0.25, -0.2) is 4.98 Å². The molecule has 0 fully saturated rings. The zero-order valence-corrected chi connectivity index (χ0v) is 13.0. The standard InChI is InChI=1S/C18H19N5/c1-19-18-22-16(15-9-5-6-11-20-15)13-17(23-18)21-12-10-14-7-3-2-4-8-14/h2-9,11,13H,10,12H2,1H3,(H2,19,21,22,23). The van der Waals surface area contributed by atoms with Crippen LogP contribution in [0.1, 0.15) is 5.56 Å². The third-order valence-corrected chi connectivity index (χ3v) is 3.44. The topological polar surface area (TPSA) is 62.7 Å². The number of hydrogen-bond donors (Lipinski definition) is 2. The summed E-state index contributed by atoms with van der Waals surface area (Å²) in [5, 5.41) is 6.35. The number of rotatable bonds is 6. The van der Waals surface area contributed by atoms with Gasteiger partial charge >= 0.3 is 0 Å². The van der Waals surface area contributed by atoms with Crippen molar-refractivity contribution in [2.45, 2.75) is 6.42 Å². The van der Waals surface area contributed by atoms with Gasteiger partial charge < -0.3 is 10.6 Å². The van der Waals surface area contributed by atoms with Crippen LogP contribution in [0.2, 0.25) is 0 Å². The van der Waals surface area contributed by atoms with Crippen molar-refractivity contribution in [3.05, 3.63) is 66.4 Å². The first-order chi connectivity index (χ1) is 11.3. The van der Waals surface area contributed by atoms with E-state index in [0.29, 0.717) is 5.95 Å². The summed E-state index contributed by atoms with van der Waals surface area (Å²) >= 11 is 0. The summed E-state index contributed by atoms with van der Waals surface area (Å²) in [4.78, 5) is 13.3. The Morgan fingerprint density at radius 2 is 1.74 bits per heavy atom. The van der Waals surface area contributed by atoms with Crippen molar-refractivity contribution in [3.8, 4) is 11.4 Å². The molecule has 1 aromatic carbocycles. The summed E-state index contributed by atoms with van der Waals surface area (Å²) in [5.74, 6) is 1.37. The molecule has 0 aliphatic heterocycles. The summed E-state index contributed by atoms with van der Waals surface area (Å²) in [6, 6.07) is 18.1. The lowest BCUT2D eigenvalue weighted by atomic mass is 10.1. The third kappa shape index (κ3) is 4.03. The number of benzene rings is 1. The molecule has 0 aliphatic carbocycles. The molecule has 116 valence electrons. The maximum atomic E-state index is 4.46. The zero-order valence-electron chi connectivity index (χ0n) is 13.0. The number of nitrogens with zero attached hydrogens (tertiary/aromatic N) is 3. The molecular weight excluding hydrogens is 286 g/mol. The van der Waals surface area contributed by atoms with E-state index in [0.717, 1.165) is 30.2 Å². The Hall–Kier alpha value is -2.95. The number of hydrogen-bond acceptors (Lipinski definition) is 5. The molecule has 0 atom stereocenters. The molecule has 0 unspecified atom stereocenters. The van der Waals surface area contributed by atoms with E-state index in [1.807, 2.05) is 37.4 Å². The van der Waals surface area contributed by atoms with E-state index in [1.54, 1.807) is 6.20 Å². The highest BCUT2D eigenvalue weighted by Gasteiger charge is 2.06. The van der Waals surface area contributed by atoms with E-state index in [4.69, 9.17) is 0 Å². The molecule has 2 aromatic heterocycles. The molecule has 3 aromatic rings. The van der Waals surface area contributed by atoms with Gasteiger partial charge in [0.05, 0.1) is 11.4 Å². The van der Waals surface area contributed by atoms with Crippen LogP contribution in [0.4, 0.5) is 11.8 Å². The largest absolute Gasteiger partial charge is 0.370 e. The van der Waals surface area contributed by atoms with Crippen LogP contribution < -0.4 is 10.6 Å². The molecule has 3 rings (SSSR count). The number of nitrogens with one attached hydrogen (secondary N) is 2. The fraction of sp³-hybridized carbons (Fsp3) is 0.167. The summed E-state index contributed by atoms with van der Waals surface area (Å²) < 4.78 is 0. The van der Waals surface area contributed by atoms with Crippen LogP contribution in [0, 0.1) is 0 Å². The SMILES string of the molecule is CNc1nc(NCCc2ccccc2)cc(-c2ccccn2)n1. The van der Waals surface area contributed by atoms with Crippen LogP contribution >= 0.6 is 0 Å². The highest BCUT2D eigenvalue weighted by atomic mass is 15.1. The van der Waals surface area contributed by atoms with Gasteiger partial charge in [0.1, 0.15) is 5.82 Å². The van der Waals surface area contributed by atoms with Crippen molar-refractivity contribution in [1.82, 2.24) is 15.0 Å². The lowest BCUT2D eigenvalue weighted by Gasteiger charge is -2.09. The molecule has 2 N–H and O–H groups in total. The van der Waals surface area contributed by atoms with E-state index >= 15 is 0 Å². The van der Waals surface area contributed by atoms with Crippen LogP contribution in [0.3, 0.4) is 0 Å². The van der Waals surface area contributed by atoms with Gasteiger partial charge in [0.15, 0.2) is 0 Å². The minimum absolute atomic E-state index is 0.579. The Kier molecular flexibility index (Phi) is 4.79. The lowest BCUT2D eigenvalue weighted by molar-refractivity contribution is 1.000. The molecule has 23 heavy (non-hydrogen) atoms. The quantitative estimate of drug-likeness (QED) is 0.732. The number of pyridine rings is 1. The van der Waals surface area contributed by atoms with Gasteiger partial charge in [0, 0.05) is 25.9 Å². The summed E-state index contributed by atoms with van der Waals surface area (Å²) in [6.07, 6.45) is 2.71. The first-order valence-electron chi connectivity index (χ1n) is 7.61.